The monoisotopic (exact) mass is 306 g/mol. The van der Waals surface area contributed by atoms with Gasteiger partial charge in [0.15, 0.2) is 0 Å². The van der Waals surface area contributed by atoms with E-state index in [1.54, 1.807) is 11.0 Å². The fourth-order valence-electron chi connectivity index (χ4n) is 2.64. The molecule has 6 nitrogen and oxygen atoms in total. The van der Waals surface area contributed by atoms with Gasteiger partial charge in [-0.05, 0) is 17.5 Å². The van der Waals surface area contributed by atoms with E-state index in [-0.39, 0.29) is 28.9 Å². The van der Waals surface area contributed by atoms with E-state index in [9.17, 15) is 19.8 Å². The highest BCUT2D eigenvalue weighted by atomic mass is 16.3. The summed E-state index contributed by atoms with van der Waals surface area (Å²) in [6, 6.07) is 2.79. The van der Waals surface area contributed by atoms with Crippen molar-refractivity contribution in [2.24, 2.45) is 0 Å². The molecule has 120 valence electrons. The Morgan fingerprint density at radius 2 is 1.82 bits per heavy atom. The molecule has 0 aromatic heterocycles. The van der Waals surface area contributed by atoms with Crippen LogP contribution in [-0.2, 0) is 4.79 Å². The maximum Gasteiger partial charge on any atom is 0.257 e. The number of amides is 1. The first-order valence-electron chi connectivity index (χ1n) is 7.45. The second-order valence-electron chi connectivity index (χ2n) is 5.84. The zero-order valence-corrected chi connectivity index (χ0v) is 13.0. The Bertz CT molecular complexity index is 564. The highest BCUT2D eigenvalue weighted by molar-refractivity contribution is 5.97. The molecule has 1 saturated heterocycles. The van der Waals surface area contributed by atoms with Crippen molar-refractivity contribution in [3.63, 3.8) is 0 Å². The van der Waals surface area contributed by atoms with E-state index in [2.05, 4.69) is 0 Å². The van der Waals surface area contributed by atoms with Crippen LogP contribution in [-0.4, -0.2) is 64.9 Å². The second kappa shape index (κ2) is 6.79. The third-order valence-electron chi connectivity index (χ3n) is 3.99. The Balaban J connectivity index is 2.16. The van der Waals surface area contributed by atoms with Crippen LogP contribution in [0.1, 0.15) is 35.7 Å². The van der Waals surface area contributed by atoms with Crippen LogP contribution in [0.5, 0.6) is 11.5 Å². The van der Waals surface area contributed by atoms with Crippen molar-refractivity contribution in [2.45, 2.75) is 19.8 Å². The topological polar surface area (TPSA) is 81.1 Å². The quantitative estimate of drug-likeness (QED) is 0.816. The Hall–Kier alpha value is -2.08. The second-order valence-corrected chi connectivity index (χ2v) is 5.84. The van der Waals surface area contributed by atoms with Gasteiger partial charge in [-0.2, -0.15) is 0 Å². The molecule has 22 heavy (non-hydrogen) atoms. The number of hydrogen-bond acceptors (Lipinski definition) is 5. The summed E-state index contributed by atoms with van der Waals surface area (Å²) in [6.45, 7) is 6.52. The summed E-state index contributed by atoms with van der Waals surface area (Å²) < 4.78 is 0. The highest BCUT2D eigenvalue weighted by Gasteiger charge is 2.25. The molecule has 0 aliphatic carbocycles. The Kier molecular flexibility index (Phi) is 5.03. The smallest absolute Gasteiger partial charge is 0.257 e. The first-order chi connectivity index (χ1) is 10.4. The summed E-state index contributed by atoms with van der Waals surface area (Å²) in [5, 5.41) is 19.8. The predicted molar refractivity (Wildman–Crippen MR) is 82.3 cm³/mol. The van der Waals surface area contributed by atoms with Gasteiger partial charge in [0.2, 0.25) is 0 Å². The number of benzene rings is 1. The van der Waals surface area contributed by atoms with Crippen LogP contribution in [0.15, 0.2) is 12.1 Å². The van der Waals surface area contributed by atoms with Crippen LogP contribution in [0.2, 0.25) is 0 Å². The van der Waals surface area contributed by atoms with Crippen LogP contribution in [0.25, 0.3) is 0 Å². The van der Waals surface area contributed by atoms with Crippen molar-refractivity contribution < 1.29 is 19.8 Å². The maximum atomic E-state index is 12.6. The van der Waals surface area contributed by atoms with Gasteiger partial charge in [-0.3, -0.25) is 9.69 Å². The lowest BCUT2D eigenvalue weighted by atomic mass is 9.98. The summed E-state index contributed by atoms with van der Waals surface area (Å²) in [5.41, 5.74) is 0.853. The van der Waals surface area contributed by atoms with Gasteiger partial charge < -0.3 is 19.9 Å². The molecule has 6 heteroatoms. The number of nitrogens with zero attached hydrogens (tertiary/aromatic N) is 2. The number of rotatable bonds is 4. The minimum Gasteiger partial charge on any atom is -0.508 e. The van der Waals surface area contributed by atoms with Gasteiger partial charge in [-0.25, -0.2) is 0 Å². The molecule has 2 rings (SSSR count). The molecule has 0 radical (unpaired) electrons. The van der Waals surface area contributed by atoms with Gasteiger partial charge in [0.05, 0.1) is 12.1 Å². The normalized spacial score (nSPS) is 16.0. The number of phenolic OH excluding ortho intramolecular Hbond substituents is 2. The van der Waals surface area contributed by atoms with Crippen molar-refractivity contribution in [3.8, 4) is 11.5 Å². The van der Waals surface area contributed by atoms with Crippen molar-refractivity contribution in [1.82, 2.24) is 9.80 Å². The van der Waals surface area contributed by atoms with Crippen LogP contribution in [0.3, 0.4) is 0 Å². The van der Waals surface area contributed by atoms with Gasteiger partial charge >= 0.3 is 0 Å². The molecule has 1 heterocycles. The molecular weight excluding hydrogens is 284 g/mol. The SMILES string of the molecule is CC(C)c1cc(C(=O)N2CCN(CC=O)CC2)c(O)cc1O. The number of carbonyl (C=O) groups is 2. The molecule has 2 N–H and O–H groups in total. The maximum absolute atomic E-state index is 12.6. The number of aldehydes is 1. The van der Waals surface area contributed by atoms with E-state index < -0.39 is 0 Å². The van der Waals surface area contributed by atoms with Crippen molar-refractivity contribution in [3.05, 3.63) is 23.3 Å². The molecule has 1 aromatic carbocycles. The number of aromatic hydroxyl groups is 2. The van der Waals surface area contributed by atoms with Crippen LogP contribution in [0, 0.1) is 0 Å². The van der Waals surface area contributed by atoms with Gasteiger partial charge in [0.25, 0.3) is 5.91 Å². The van der Waals surface area contributed by atoms with E-state index in [0.29, 0.717) is 38.3 Å². The number of hydrogen-bond donors (Lipinski definition) is 2. The molecule has 0 atom stereocenters. The Morgan fingerprint density at radius 1 is 1.18 bits per heavy atom. The van der Waals surface area contributed by atoms with E-state index in [0.717, 1.165) is 6.29 Å². The molecule has 0 spiro atoms. The molecule has 1 aliphatic heterocycles. The zero-order chi connectivity index (χ0) is 16.3. The van der Waals surface area contributed by atoms with Crippen molar-refractivity contribution in [2.75, 3.05) is 32.7 Å². The third kappa shape index (κ3) is 3.39. The van der Waals surface area contributed by atoms with Crippen molar-refractivity contribution in [1.29, 1.82) is 0 Å². The average molecular weight is 306 g/mol. The van der Waals surface area contributed by atoms with Gasteiger partial charge in [0.1, 0.15) is 17.8 Å². The molecule has 0 bridgehead atoms. The molecule has 1 fully saturated rings. The summed E-state index contributed by atoms with van der Waals surface area (Å²) in [5.74, 6) is -0.399. The van der Waals surface area contributed by atoms with Crippen LogP contribution in [0.4, 0.5) is 0 Å². The van der Waals surface area contributed by atoms with Gasteiger partial charge in [0, 0.05) is 32.2 Å². The van der Waals surface area contributed by atoms with E-state index >= 15 is 0 Å². The highest BCUT2D eigenvalue weighted by Crippen LogP contribution is 2.32. The first kappa shape index (κ1) is 16.3. The molecule has 0 saturated carbocycles. The molecule has 1 amide bonds. The largest absolute Gasteiger partial charge is 0.508 e. The fourth-order valence-corrected chi connectivity index (χ4v) is 2.64. The zero-order valence-electron chi connectivity index (χ0n) is 13.0. The molecule has 1 aliphatic rings. The van der Waals surface area contributed by atoms with Crippen LogP contribution < -0.4 is 0 Å². The third-order valence-corrected chi connectivity index (χ3v) is 3.99. The van der Waals surface area contributed by atoms with E-state index in [1.165, 1.54) is 6.07 Å². The van der Waals surface area contributed by atoms with E-state index in [1.807, 2.05) is 18.7 Å². The standard InChI is InChI=1S/C16H22N2O4/c1-11(2)12-9-13(15(21)10-14(12)20)16(22)18-5-3-17(4-6-18)7-8-19/h8-11,20-21H,3-7H2,1-2H3. The lowest BCUT2D eigenvalue weighted by Gasteiger charge is -2.33. The summed E-state index contributed by atoms with van der Waals surface area (Å²) in [4.78, 5) is 26.7. The number of phenols is 2. The molecule has 0 unspecified atom stereocenters. The number of piperazine rings is 1. The van der Waals surface area contributed by atoms with Crippen molar-refractivity contribution >= 4 is 12.2 Å². The summed E-state index contributed by atoms with van der Waals surface area (Å²) in [6.07, 6.45) is 0.859. The average Bonchev–Trinajstić information content (AvgIpc) is 2.47. The van der Waals surface area contributed by atoms with E-state index in [4.69, 9.17) is 0 Å². The Morgan fingerprint density at radius 3 is 2.36 bits per heavy atom. The Labute approximate surface area is 130 Å². The minimum atomic E-state index is -0.245. The molecular formula is C16H22N2O4. The number of carbonyl (C=O) groups excluding carboxylic acids is 2. The fraction of sp³-hybridized carbons (Fsp3) is 0.500. The minimum absolute atomic E-state index is 0.000137. The first-order valence-corrected chi connectivity index (χ1v) is 7.45. The predicted octanol–water partition coefficient (Wildman–Crippen LogP) is 1.18. The lowest BCUT2D eigenvalue weighted by Crippen LogP contribution is -2.49. The lowest BCUT2D eigenvalue weighted by molar-refractivity contribution is -0.109. The van der Waals surface area contributed by atoms with Gasteiger partial charge in [-0.15, -0.1) is 0 Å². The van der Waals surface area contributed by atoms with Crippen LogP contribution >= 0.6 is 0 Å². The summed E-state index contributed by atoms with van der Waals surface area (Å²) in [7, 11) is 0. The summed E-state index contributed by atoms with van der Waals surface area (Å²) >= 11 is 0. The van der Waals surface area contributed by atoms with Gasteiger partial charge in [-0.1, -0.05) is 13.8 Å². The molecule has 1 aromatic rings.